The van der Waals surface area contributed by atoms with E-state index in [4.69, 9.17) is 28.1 Å². The molecule has 1 aliphatic carbocycles. The number of carbonyl (C=O) groups is 17. The number of carboxylic acids is 4. The molecule has 14 atom stereocenters. The number of aliphatic carboxylic acids is 3. The molecule has 24 N–H and O–H groups in total. The minimum Gasteiger partial charge on any atom is -0.508 e. The van der Waals surface area contributed by atoms with Gasteiger partial charge < -0.3 is 126 Å². The van der Waals surface area contributed by atoms with E-state index in [9.17, 15) is 112 Å². The summed E-state index contributed by atoms with van der Waals surface area (Å²) in [6.07, 6.45) is -3.06. The number of nitrogens with zero attached hydrogens (tertiary/aromatic N) is 1. The van der Waals surface area contributed by atoms with Crippen LogP contribution in [-0.2, 0) is 95.3 Å². The molecule has 1 fully saturated rings. The van der Waals surface area contributed by atoms with Gasteiger partial charge in [-0.15, -0.1) is 0 Å². The molecule has 44 heteroatoms. The molecule has 2 heterocycles. The molecule has 5 aromatic carbocycles. The Morgan fingerprint density at radius 2 is 1.07 bits per heavy atom. The Bertz CT molecular complexity index is 5710. The van der Waals surface area contributed by atoms with Crippen LogP contribution in [0.25, 0.3) is 33.4 Å². The Labute approximate surface area is 821 Å². The molecule has 0 unspecified atom stereocenters. The number of carbonyl (C=O) groups excluding carboxylic acids is 13. The second-order valence-corrected chi connectivity index (χ2v) is 36.3. The summed E-state index contributed by atoms with van der Waals surface area (Å²) in [5.74, 6) is -21.9. The fourth-order valence-electron chi connectivity index (χ4n) is 15.7. The largest absolute Gasteiger partial charge is 0.508 e. The normalized spacial score (nSPS) is 15.0. The number of aromatic hydroxyl groups is 2. The van der Waals surface area contributed by atoms with Gasteiger partial charge in [0.05, 0.1) is 31.4 Å². The third-order valence-electron chi connectivity index (χ3n) is 23.7. The van der Waals surface area contributed by atoms with Gasteiger partial charge in [0.2, 0.25) is 76.8 Å². The van der Waals surface area contributed by atoms with E-state index < -0.39 is 217 Å². The van der Waals surface area contributed by atoms with Crippen LogP contribution < -0.4 is 86.0 Å². The number of thiocarbonyl (C=S) groups is 1. The molecule has 3 aliphatic rings. The van der Waals surface area contributed by atoms with E-state index in [2.05, 4.69) is 69.1 Å². The number of aryl methyl sites for hydroxylation is 1. The van der Waals surface area contributed by atoms with Crippen molar-refractivity contribution in [3.8, 4) is 33.9 Å². The third-order valence-corrected chi connectivity index (χ3v) is 25.0. The molecule has 1 saturated heterocycles. The van der Waals surface area contributed by atoms with E-state index >= 15 is 9.59 Å². The van der Waals surface area contributed by atoms with Crippen molar-refractivity contribution in [2.45, 2.75) is 217 Å². The number of fused-ring (bicyclic) bond motifs is 2. The Morgan fingerprint density at radius 1 is 0.539 bits per heavy atom. The number of phenols is 2. The molecule has 0 bridgehead atoms. The first-order valence-electron chi connectivity index (χ1n) is 46.0. The average molecular weight is 1990 g/mol. The lowest BCUT2D eigenvalue weighted by Crippen LogP contribution is -2.62. The van der Waals surface area contributed by atoms with Crippen LogP contribution in [0.1, 0.15) is 151 Å². The number of phenolic OH excluding ortho intramolecular Hbond substituents is 2. The fourth-order valence-corrected chi connectivity index (χ4v) is 16.9. The van der Waals surface area contributed by atoms with Gasteiger partial charge in [0.25, 0.3) is 0 Å². The van der Waals surface area contributed by atoms with Crippen molar-refractivity contribution < 1.29 is 122 Å². The zero-order valence-electron chi connectivity index (χ0n) is 78.8. The summed E-state index contributed by atoms with van der Waals surface area (Å²) in [7, 11) is 0. The molecule has 0 aromatic heterocycles. The summed E-state index contributed by atoms with van der Waals surface area (Å²) >= 11 is 6.55. The second-order valence-electron chi connectivity index (χ2n) is 34.9. The Hall–Kier alpha value is -14.7. The van der Waals surface area contributed by atoms with Crippen molar-refractivity contribution in [2.75, 3.05) is 37.3 Å². The van der Waals surface area contributed by atoms with Crippen LogP contribution in [0.15, 0.2) is 143 Å². The average Bonchev–Trinajstić information content (AvgIpc) is 0.982. The smallest absolute Gasteiger partial charge is 0.336 e. The number of nitrogens with two attached hydrogens (primary N) is 2. The van der Waals surface area contributed by atoms with Crippen molar-refractivity contribution in [2.24, 2.45) is 29.2 Å². The van der Waals surface area contributed by atoms with Gasteiger partial charge >= 0.3 is 23.9 Å². The summed E-state index contributed by atoms with van der Waals surface area (Å²) in [4.78, 5) is 251. The number of hydrogen-bond donors (Lipinski definition) is 22. The van der Waals surface area contributed by atoms with Crippen LogP contribution in [0, 0.1) is 24.7 Å². The maximum atomic E-state index is 15.2. The molecule has 2 aliphatic heterocycles. The minimum absolute atomic E-state index is 0.0300. The van der Waals surface area contributed by atoms with Crippen LogP contribution in [0.3, 0.4) is 0 Å². The number of amides is 13. The monoisotopic (exact) mass is 1990 g/mol. The van der Waals surface area contributed by atoms with E-state index in [1.54, 1.807) is 96.1 Å². The number of thioether (sulfide) groups is 1. The molecule has 5 aromatic rings. The zero-order valence-corrected chi connectivity index (χ0v) is 80.4. The predicted molar refractivity (Wildman–Crippen MR) is 522 cm³/mol. The number of hydrogen-bond acceptors (Lipinski definition) is 25. The van der Waals surface area contributed by atoms with E-state index in [1.165, 1.54) is 85.8 Å². The van der Waals surface area contributed by atoms with Crippen LogP contribution in [0.5, 0.6) is 11.5 Å². The lowest BCUT2D eigenvalue weighted by Gasteiger charge is -2.30. The molecular weight excluding hydrogens is 1870 g/mol. The zero-order chi connectivity index (χ0) is 104. The van der Waals surface area contributed by atoms with Gasteiger partial charge in [-0.25, -0.2) is 9.59 Å². The number of aliphatic hydroxyl groups is 1. The van der Waals surface area contributed by atoms with Crippen molar-refractivity contribution in [3.05, 3.63) is 172 Å². The Morgan fingerprint density at radius 3 is 1.65 bits per heavy atom. The van der Waals surface area contributed by atoms with E-state index in [0.29, 0.717) is 46.0 Å². The maximum Gasteiger partial charge on any atom is 0.336 e. The lowest BCUT2D eigenvalue weighted by molar-refractivity contribution is -0.149. The number of carboxylic acid groups (broad SMARTS) is 4. The highest BCUT2D eigenvalue weighted by atomic mass is 32.2. The van der Waals surface area contributed by atoms with Gasteiger partial charge in [0.1, 0.15) is 95.3 Å². The summed E-state index contributed by atoms with van der Waals surface area (Å²) in [5, 5.41) is 105. The van der Waals surface area contributed by atoms with E-state index in [-0.39, 0.29) is 139 Å². The number of anilines is 1. The van der Waals surface area contributed by atoms with Crippen LogP contribution in [-0.4, -0.2) is 251 Å². The van der Waals surface area contributed by atoms with Crippen molar-refractivity contribution in [1.29, 1.82) is 0 Å². The molecule has 758 valence electrons. The van der Waals surface area contributed by atoms with Crippen LogP contribution in [0.2, 0.25) is 0 Å². The SMILES string of the molecule is CC[C@H](C)[C@H](NC(=O)[C@H](CC(=O)O)NC(=O)[C@H](CO)NC(=O)CCNC(=S)Nc1ccc(-c2c3ccc(=O)cc-3oc3cc(O)ccc23)c(C(=O)O)c1)C(=O)N[C@@H](CSCc1ccccc1)C(=O)N[C@@H](CC(=O)O)C(=O)N[C@@H](Cc1ccccc1C)C(=O)N[C@H](C(=O)N[C@@H](CC(C)C)C(=O)N[C@@H](CCCCN)C(=O)N[C@@H](CC(N)=O)C(=O)N[C@@H](Cc1ccc(O)cc1)C(=O)N1CCC[C@H]1C(=O)O)[C@@H](C)CC. The molecule has 8 rings (SSSR count). The van der Waals surface area contributed by atoms with Gasteiger partial charge in [0.15, 0.2) is 10.5 Å². The quantitative estimate of drug-likeness (QED) is 0.0148. The Balaban J connectivity index is 0.954. The number of primary amides is 1. The molecular formula is C97H122N16O26S2. The third kappa shape index (κ3) is 33.6. The highest BCUT2D eigenvalue weighted by Gasteiger charge is 2.43. The van der Waals surface area contributed by atoms with Crippen molar-refractivity contribution in [1.82, 2.24) is 68.7 Å². The van der Waals surface area contributed by atoms with Crippen LogP contribution >= 0.6 is 24.0 Å². The number of aliphatic hydroxyl groups excluding tert-OH is 1. The highest BCUT2D eigenvalue weighted by Crippen LogP contribution is 2.43. The topological polar surface area (TPSA) is 674 Å². The van der Waals surface area contributed by atoms with Crippen LogP contribution in [0.4, 0.5) is 5.69 Å². The van der Waals surface area contributed by atoms with Crippen molar-refractivity contribution in [3.63, 3.8) is 0 Å². The molecule has 0 saturated carbocycles. The molecule has 0 radical (unpaired) electrons. The van der Waals surface area contributed by atoms with Crippen molar-refractivity contribution >= 4 is 146 Å². The summed E-state index contributed by atoms with van der Waals surface area (Å²) in [6, 6.07) is 13.6. The molecule has 141 heavy (non-hydrogen) atoms. The number of unbranched alkanes of at least 4 members (excludes halogenated alkanes) is 1. The number of aromatic carboxylic acids is 1. The summed E-state index contributed by atoms with van der Waals surface area (Å²) in [5.41, 5.74) is 14.5. The number of rotatable bonds is 54. The van der Waals surface area contributed by atoms with Gasteiger partial charge in [0, 0.05) is 78.2 Å². The highest BCUT2D eigenvalue weighted by molar-refractivity contribution is 7.98. The minimum atomic E-state index is -2.05. The number of likely N-dealkylation sites (tertiary alicyclic amines) is 1. The summed E-state index contributed by atoms with van der Waals surface area (Å²) < 4.78 is 5.91. The van der Waals surface area contributed by atoms with E-state index in [1.807, 2.05) is 0 Å². The van der Waals surface area contributed by atoms with E-state index in [0.717, 1.165) is 22.2 Å². The summed E-state index contributed by atoms with van der Waals surface area (Å²) in [6.45, 7) is 10.4. The molecule has 42 nitrogen and oxygen atoms in total. The first-order valence-corrected chi connectivity index (χ1v) is 47.5. The first-order chi connectivity index (χ1) is 67.0. The predicted octanol–water partition coefficient (Wildman–Crippen LogP) is 2.57. The Kier molecular flexibility index (Phi) is 42.8. The maximum absolute atomic E-state index is 15.2. The number of benzene rings is 6. The van der Waals surface area contributed by atoms with Gasteiger partial charge in [-0.1, -0.05) is 127 Å². The number of nitrogens with one attached hydrogen (secondary N) is 13. The standard InChI is InChI=1S/C97H122N16O26S2/c1-8-51(5)82(92(132)108-66(38-50(3)4)85(125)103-65(22-15-16-35-98)84(124)105-68(44-77(99)118)86(126)109-71(39-54-24-27-58(115)28-25-54)94(134)113-37-17-23-74(113)96(137)138)111-88(128)67(40-56-21-14-13-18-53(56)7)104-87(127)69(45-79(120)121)107-91(131)73(49-141-48-55-19-11-10-12-20-55)110-93(133)83(52(6)9-2)112-89(129)70(46-80(122)123)106-90(130)72(47-114)102-78(119)34-36-100-97(140)101-57-26-31-61(64(41-57)95(135)136)81-62-32-29-59(116)42-75(62)139-76-43-60(117)30-33-63(76)81/h10-14,18-21,24-33,41-43,50-52,65-74,82-83,114-116H,8-9,15-17,22-23,34-40,44-49,98H2,1-7H3,(H2,99,118)(H,102,119)(H,103,125)(H,104,127)(H,105,124)(H,106,130)(H,107,131)(H,108,132)(H,109,126)(H,110,133)(H,111,128)(H,112,129)(H,120,121)(H,122,123)(H,135,136)(H,137,138)(H2,100,101,140)/t51-,52-,65-,66-,67-,68-,69-,70-,71-,72-,73-,74-,82-,83-/m0/s1. The van der Waals surface area contributed by atoms with Gasteiger partial charge in [-0.05, 0) is 158 Å². The molecule has 13 amide bonds. The second kappa shape index (κ2) is 54.1. The molecule has 0 spiro atoms. The lowest BCUT2D eigenvalue weighted by atomic mass is 9.90. The van der Waals surface area contributed by atoms with Gasteiger partial charge in [-0.3, -0.25) is 76.7 Å². The fraction of sp³-hybridized carbons (Fsp3) is 0.433. The first kappa shape index (κ1) is 112. The van der Waals surface area contributed by atoms with Gasteiger partial charge in [-0.2, -0.15) is 11.8 Å².